The van der Waals surface area contributed by atoms with Crippen molar-refractivity contribution in [3.63, 3.8) is 0 Å². The normalized spacial score (nSPS) is 18.5. The van der Waals surface area contributed by atoms with E-state index in [-0.39, 0.29) is 0 Å². The van der Waals surface area contributed by atoms with Crippen LogP contribution in [0.25, 0.3) is 11.0 Å². The standard InChI is InChI=1S/C17H26N6/c1-5-7-18-15-14-11(2)9-12(3)19-16(14)22-17(21-15)20-13-6-8-23(4)10-13/h9,13H,5-8,10H2,1-4H3,(H2,18,19,20,21,22). The van der Waals surface area contributed by atoms with Crippen molar-refractivity contribution in [2.45, 2.75) is 39.7 Å². The minimum Gasteiger partial charge on any atom is -0.369 e. The predicted molar refractivity (Wildman–Crippen MR) is 95.1 cm³/mol. The summed E-state index contributed by atoms with van der Waals surface area (Å²) in [4.78, 5) is 16.3. The van der Waals surface area contributed by atoms with Crippen molar-refractivity contribution >= 4 is 22.8 Å². The maximum Gasteiger partial charge on any atom is 0.226 e. The van der Waals surface area contributed by atoms with Crippen LogP contribution >= 0.6 is 0 Å². The van der Waals surface area contributed by atoms with Crippen LogP contribution in [0.15, 0.2) is 6.07 Å². The fourth-order valence-corrected chi connectivity index (χ4v) is 3.15. The Kier molecular flexibility index (Phi) is 4.61. The summed E-state index contributed by atoms with van der Waals surface area (Å²) >= 11 is 0. The average Bonchev–Trinajstić information content (AvgIpc) is 2.89. The third kappa shape index (κ3) is 3.52. The van der Waals surface area contributed by atoms with E-state index in [1.54, 1.807) is 0 Å². The molecule has 2 N–H and O–H groups in total. The van der Waals surface area contributed by atoms with Gasteiger partial charge in [0.2, 0.25) is 5.95 Å². The average molecular weight is 314 g/mol. The molecule has 0 amide bonds. The zero-order valence-electron chi connectivity index (χ0n) is 14.5. The highest BCUT2D eigenvalue weighted by Crippen LogP contribution is 2.25. The third-order valence-electron chi connectivity index (χ3n) is 4.26. The monoisotopic (exact) mass is 314 g/mol. The van der Waals surface area contributed by atoms with E-state index in [1.807, 2.05) is 6.92 Å². The lowest BCUT2D eigenvalue weighted by molar-refractivity contribution is 0.414. The molecule has 124 valence electrons. The molecule has 1 fully saturated rings. The van der Waals surface area contributed by atoms with Gasteiger partial charge in [-0.15, -0.1) is 0 Å². The number of aryl methyl sites for hydroxylation is 2. The van der Waals surface area contributed by atoms with Crippen molar-refractivity contribution in [3.8, 4) is 0 Å². The second-order valence-electron chi connectivity index (χ2n) is 6.49. The van der Waals surface area contributed by atoms with Crippen molar-refractivity contribution in [1.82, 2.24) is 19.9 Å². The van der Waals surface area contributed by atoms with Gasteiger partial charge in [0.05, 0.1) is 5.39 Å². The lowest BCUT2D eigenvalue weighted by atomic mass is 10.1. The number of nitrogens with zero attached hydrogens (tertiary/aromatic N) is 4. The molecule has 2 aromatic rings. The summed E-state index contributed by atoms with van der Waals surface area (Å²) in [6, 6.07) is 2.49. The SMILES string of the molecule is CCCNc1nc(NC2CCN(C)C2)nc2nc(C)cc(C)c12. The highest BCUT2D eigenvalue weighted by atomic mass is 15.2. The number of fused-ring (bicyclic) bond motifs is 1. The zero-order chi connectivity index (χ0) is 16.4. The van der Waals surface area contributed by atoms with Gasteiger partial charge in [-0.2, -0.15) is 9.97 Å². The molecule has 1 aliphatic rings. The Morgan fingerprint density at radius 1 is 1.26 bits per heavy atom. The maximum atomic E-state index is 4.73. The molecule has 3 heterocycles. The number of nitrogens with one attached hydrogen (secondary N) is 2. The van der Waals surface area contributed by atoms with Gasteiger partial charge in [0.1, 0.15) is 5.82 Å². The van der Waals surface area contributed by atoms with Crippen LogP contribution < -0.4 is 10.6 Å². The fraction of sp³-hybridized carbons (Fsp3) is 0.588. The molecular formula is C17H26N6. The van der Waals surface area contributed by atoms with E-state index in [9.17, 15) is 0 Å². The van der Waals surface area contributed by atoms with Gasteiger partial charge in [-0.05, 0) is 51.9 Å². The van der Waals surface area contributed by atoms with Gasteiger partial charge in [0.15, 0.2) is 5.65 Å². The second kappa shape index (κ2) is 6.66. The number of likely N-dealkylation sites (tertiary alicyclic amines) is 1. The molecule has 0 spiro atoms. The number of anilines is 2. The van der Waals surface area contributed by atoms with Crippen molar-refractivity contribution in [3.05, 3.63) is 17.3 Å². The maximum absolute atomic E-state index is 4.73. The lowest BCUT2D eigenvalue weighted by Gasteiger charge is -2.16. The van der Waals surface area contributed by atoms with E-state index in [4.69, 9.17) is 4.98 Å². The van der Waals surface area contributed by atoms with E-state index in [0.29, 0.717) is 12.0 Å². The molecule has 6 nitrogen and oxygen atoms in total. The van der Waals surface area contributed by atoms with Gasteiger partial charge >= 0.3 is 0 Å². The van der Waals surface area contributed by atoms with Crippen molar-refractivity contribution in [2.24, 2.45) is 0 Å². The van der Waals surface area contributed by atoms with E-state index >= 15 is 0 Å². The van der Waals surface area contributed by atoms with Gasteiger partial charge in [-0.25, -0.2) is 4.98 Å². The van der Waals surface area contributed by atoms with Crippen LogP contribution in [0.5, 0.6) is 0 Å². The molecule has 0 bridgehead atoms. The molecule has 1 atom stereocenters. The molecule has 23 heavy (non-hydrogen) atoms. The molecule has 0 saturated carbocycles. The number of likely N-dealkylation sites (N-methyl/N-ethyl adjacent to an activating group) is 1. The molecule has 1 unspecified atom stereocenters. The smallest absolute Gasteiger partial charge is 0.226 e. The Morgan fingerprint density at radius 2 is 2.09 bits per heavy atom. The minimum atomic E-state index is 0.405. The number of hydrogen-bond donors (Lipinski definition) is 2. The molecule has 3 rings (SSSR count). The summed E-state index contributed by atoms with van der Waals surface area (Å²) in [6.45, 7) is 9.29. The Labute approximate surface area is 137 Å². The molecule has 2 aromatic heterocycles. The van der Waals surface area contributed by atoms with Crippen LogP contribution in [0.1, 0.15) is 31.0 Å². The van der Waals surface area contributed by atoms with Gasteiger partial charge in [0.25, 0.3) is 0 Å². The van der Waals surface area contributed by atoms with Gasteiger partial charge in [0, 0.05) is 24.8 Å². The van der Waals surface area contributed by atoms with Gasteiger partial charge < -0.3 is 15.5 Å². The van der Waals surface area contributed by atoms with Crippen LogP contribution in [0, 0.1) is 13.8 Å². The van der Waals surface area contributed by atoms with Crippen molar-refractivity contribution in [2.75, 3.05) is 37.3 Å². The zero-order valence-corrected chi connectivity index (χ0v) is 14.5. The first-order valence-electron chi connectivity index (χ1n) is 8.41. The number of aromatic nitrogens is 3. The third-order valence-corrected chi connectivity index (χ3v) is 4.26. The molecule has 6 heteroatoms. The summed E-state index contributed by atoms with van der Waals surface area (Å²) in [7, 11) is 2.14. The van der Waals surface area contributed by atoms with E-state index in [0.717, 1.165) is 55.0 Å². The summed E-state index contributed by atoms with van der Waals surface area (Å²) in [6.07, 6.45) is 2.18. The predicted octanol–water partition coefficient (Wildman–Crippen LogP) is 2.58. The number of rotatable bonds is 5. The topological polar surface area (TPSA) is 66.0 Å². The Balaban J connectivity index is 1.98. The largest absolute Gasteiger partial charge is 0.369 e. The first kappa shape index (κ1) is 15.9. The van der Waals surface area contributed by atoms with Gasteiger partial charge in [-0.1, -0.05) is 6.92 Å². The summed E-state index contributed by atoms with van der Waals surface area (Å²) in [5, 5.41) is 7.93. The molecule has 0 aliphatic carbocycles. The van der Waals surface area contributed by atoms with Crippen molar-refractivity contribution < 1.29 is 0 Å². The van der Waals surface area contributed by atoms with Gasteiger partial charge in [-0.3, -0.25) is 0 Å². The van der Waals surface area contributed by atoms with Crippen LogP contribution in [0.3, 0.4) is 0 Å². The summed E-state index contributed by atoms with van der Waals surface area (Å²) in [5.74, 6) is 1.56. The fourth-order valence-electron chi connectivity index (χ4n) is 3.15. The van der Waals surface area contributed by atoms with Crippen LogP contribution in [0.2, 0.25) is 0 Å². The molecule has 1 aliphatic heterocycles. The molecule has 0 aromatic carbocycles. The lowest BCUT2D eigenvalue weighted by Crippen LogP contribution is -2.24. The highest BCUT2D eigenvalue weighted by molar-refractivity contribution is 5.90. The molecule has 1 saturated heterocycles. The van der Waals surface area contributed by atoms with Crippen LogP contribution in [-0.4, -0.2) is 52.6 Å². The summed E-state index contributed by atoms with van der Waals surface area (Å²) in [5.41, 5.74) is 2.92. The number of pyridine rings is 1. The Bertz CT molecular complexity index is 699. The minimum absolute atomic E-state index is 0.405. The first-order valence-corrected chi connectivity index (χ1v) is 8.41. The highest BCUT2D eigenvalue weighted by Gasteiger charge is 2.21. The Hall–Kier alpha value is -1.95. The summed E-state index contributed by atoms with van der Waals surface area (Å²) < 4.78 is 0. The quantitative estimate of drug-likeness (QED) is 0.884. The molecular weight excluding hydrogens is 288 g/mol. The van der Waals surface area contributed by atoms with Crippen LogP contribution in [0.4, 0.5) is 11.8 Å². The molecule has 0 radical (unpaired) electrons. The first-order chi connectivity index (χ1) is 11.1. The van der Waals surface area contributed by atoms with E-state index in [1.165, 1.54) is 5.56 Å². The second-order valence-corrected chi connectivity index (χ2v) is 6.49. The van der Waals surface area contributed by atoms with E-state index < -0.39 is 0 Å². The van der Waals surface area contributed by atoms with E-state index in [2.05, 4.69) is 52.5 Å². The number of hydrogen-bond acceptors (Lipinski definition) is 6. The Morgan fingerprint density at radius 3 is 2.78 bits per heavy atom. The van der Waals surface area contributed by atoms with Crippen LogP contribution in [-0.2, 0) is 0 Å². The van der Waals surface area contributed by atoms with Crippen molar-refractivity contribution in [1.29, 1.82) is 0 Å².